The van der Waals surface area contributed by atoms with Gasteiger partial charge in [0.1, 0.15) is 6.04 Å². The highest BCUT2D eigenvalue weighted by atomic mass is 16.4. The monoisotopic (exact) mass is 200 g/mol. The smallest absolute Gasteiger partial charge is 0.325 e. The van der Waals surface area contributed by atoms with Crippen LogP contribution in [0, 0.1) is 11.8 Å². The molecule has 0 aromatic carbocycles. The lowest BCUT2D eigenvalue weighted by molar-refractivity contribution is -0.142. The second-order valence-corrected chi connectivity index (χ2v) is 3.81. The first-order valence-electron chi connectivity index (χ1n) is 4.76. The fourth-order valence-electron chi connectivity index (χ4n) is 1.54. The van der Waals surface area contributed by atoms with Crippen molar-refractivity contribution >= 4 is 11.9 Å². The minimum Gasteiger partial charge on any atom is -0.480 e. The van der Waals surface area contributed by atoms with E-state index in [2.05, 4.69) is 10.6 Å². The van der Waals surface area contributed by atoms with Crippen molar-refractivity contribution in [2.45, 2.75) is 19.9 Å². The van der Waals surface area contributed by atoms with Gasteiger partial charge >= 0.3 is 5.97 Å². The number of carboxylic acids is 1. The lowest BCUT2D eigenvalue weighted by Crippen LogP contribution is -2.43. The summed E-state index contributed by atoms with van der Waals surface area (Å²) in [4.78, 5) is 22.1. The van der Waals surface area contributed by atoms with Crippen LogP contribution in [-0.4, -0.2) is 36.1 Å². The van der Waals surface area contributed by atoms with E-state index in [0.717, 1.165) is 6.54 Å². The third-order valence-electron chi connectivity index (χ3n) is 2.58. The maximum absolute atomic E-state index is 11.6. The number of carbonyl (C=O) groups is 2. The number of nitrogens with one attached hydrogen (secondary N) is 2. The summed E-state index contributed by atoms with van der Waals surface area (Å²) in [6.07, 6.45) is 0. The zero-order chi connectivity index (χ0) is 10.7. The molecule has 1 heterocycles. The van der Waals surface area contributed by atoms with Crippen molar-refractivity contribution in [3.63, 3.8) is 0 Å². The second-order valence-electron chi connectivity index (χ2n) is 3.81. The van der Waals surface area contributed by atoms with E-state index in [1.807, 2.05) is 6.92 Å². The van der Waals surface area contributed by atoms with Crippen molar-refractivity contribution in [2.24, 2.45) is 11.8 Å². The normalized spacial score (nSPS) is 28.4. The van der Waals surface area contributed by atoms with E-state index < -0.39 is 12.0 Å². The highest BCUT2D eigenvalue weighted by molar-refractivity contribution is 5.85. The fraction of sp³-hybridized carbons (Fsp3) is 0.778. The second kappa shape index (κ2) is 4.41. The molecule has 0 saturated carbocycles. The average Bonchev–Trinajstić information content (AvgIpc) is 2.51. The lowest BCUT2D eigenvalue weighted by atomic mass is 9.97. The first-order chi connectivity index (χ1) is 6.52. The number of carbonyl (C=O) groups excluding carboxylic acids is 1. The highest BCUT2D eigenvalue weighted by Crippen LogP contribution is 2.15. The molecule has 0 spiro atoms. The van der Waals surface area contributed by atoms with E-state index in [0.29, 0.717) is 6.54 Å². The molecule has 0 aromatic heterocycles. The number of carboxylic acid groups (broad SMARTS) is 1. The molecule has 0 bridgehead atoms. The predicted molar refractivity (Wildman–Crippen MR) is 50.8 cm³/mol. The van der Waals surface area contributed by atoms with Crippen LogP contribution in [0.3, 0.4) is 0 Å². The summed E-state index contributed by atoms with van der Waals surface area (Å²) in [7, 11) is 0. The van der Waals surface area contributed by atoms with Crippen LogP contribution >= 0.6 is 0 Å². The zero-order valence-electron chi connectivity index (χ0n) is 8.41. The molecule has 1 fully saturated rings. The van der Waals surface area contributed by atoms with Gasteiger partial charge in [0.15, 0.2) is 0 Å². The Labute approximate surface area is 82.9 Å². The Balaban J connectivity index is 2.45. The lowest BCUT2D eigenvalue weighted by Gasteiger charge is -2.16. The number of amides is 1. The molecule has 3 N–H and O–H groups in total. The van der Waals surface area contributed by atoms with Crippen molar-refractivity contribution in [1.82, 2.24) is 10.6 Å². The molecule has 1 aliphatic rings. The van der Waals surface area contributed by atoms with E-state index in [9.17, 15) is 9.59 Å². The van der Waals surface area contributed by atoms with Crippen LogP contribution in [0.1, 0.15) is 13.8 Å². The number of rotatable bonds is 3. The van der Waals surface area contributed by atoms with Crippen LogP contribution in [0.15, 0.2) is 0 Å². The number of hydrogen-bond donors (Lipinski definition) is 3. The minimum absolute atomic E-state index is 0.100. The summed E-state index contributed by atoms with van der Waals surface area (Å²) in [5.41, 5.74) is 0. The van der Waals surface area contributed by atoms with Crippen LogP contribution in [0.25, 0.3) is 0 Å². The summed E-state index contributed by atoms with van der Waals surface area (Å²) in [6, 6.07) is -0.810. The molecule has 1 aliphatic heterocycles. The molecule has 80 valence electrons. The van der Waals surface area contributed by atoms with Gasteiger partial charge in [-0.1, -0.05) is 6.92 Å². The maximum atomic E-state index is 11.6. The van der Waals surface area contributed by atoms with E-state index in [4.69, 9.17) is 5.11 Å². The van der Waals surface area contributed by atoms with Gasteiger partial charge in [-0.3, -0.25) is 9.59 Å². The van der Waals surface area contributed by atoms with Gasteiger partial charge in [-0.15, -0.1) is 0 Å². The molecule has 2 unspecified atom stereocenters. The molecule has 1 saturated heterocycles. The first-order valence-corrected chi connectivity index (χ1v) is 4.76. The Hall–Kier alpha value is -1.10. The summed E-state index contributed by atoms with van der Waals surface area (Å²) >= 11 is 0. The molecule has 5 heteroatoms. The van der Waals surface area contributed by atoms with Crippen LogP contribution in [0.4, 0.5) is 0 Å². The Bertz CT molecular complexity index is 242. The fourth-order valence-corrected chi connectivity index (χ4v) is 1.54. The SMILES string of the molecule is CC1CNCC1C(=O)N[C@H](C)C(=O)O. The molecule has 3 atom stereocenters. The molecular formula is C9H16N2O3. The summed E-state index contributed by atoms with van der Waals surface area (Å²) in [5, 5.41) is 14.2. The topological polar surface area (TPSA) is 78.4 Å². The Morgan fingerprint density at radius 3 is 2.57 bits per heavy atom. The van der Waals surface area contributed by atoms with Gasteiger partial charge in [-0.05, 0) is 19.4 Å². The molecular weight excluding hydrogens is 184 g/mol. The third-order valence-corrected chi connectivity index (χ3v) is 2.58. The quantitative estimate of drug-likeness (QED) is 0.570. The summed E-state index contributed by atoms with van der Waals surface area (Å²) in [6.45, 7) is 4.90. The van der Waals surface area contributed by atoms with Gasteiger partial charge < -0.3 is 15.7 Å². The highest BCUT2D eigenvalue weighted by Gasteiger charge is 2.30. The molecule has 0 radical (unpaired) electrons. The van der Waals surface area contributed by atoms with E-state index in [1.165, 1.54) is 6.92 Å². The number of aliphatic carboxylic acids is 1. The van der Waals surface area contributed by atoms with Gasteiger partial charge in [0.05, 0.1) is 5.92 Å². The van der Waals surface area contributed by atoms with Crippen LogP contribution < -0.4 is 10.6 Å². The van der Waals surface area contributed by atoms with Crippen LogP contribution in [0.2, 0.25) is 0 Å². The average molecular weight is 200 g/mol. The van der Waals surface area contributed by atoms with Crippen molar-refractivity contribution in [3.8, 4) is 0 Å². The van der Waals surface area contributed by atoms with Gasteiger partial charge in [-0.25, -0.2) is 0 Å². The van der Waals surface area contributed by atoms with Crippen molar-refractivity contribution in [3.05, 3.63) is 0 Å². The standard InChI is InChI=1S/C9H16N2O3/c1-5-3-10-4-7(5)8(12)11-6(2)9(13)14/h5-7,10H,3-4H2,1-2H3,(H,11,12)(H,13,14)/t5?,6-,7?/m1/s1. The van der Waals surface area contributed by atoms with Crippen molar-refractivity contribution in [1.29, 1.82) is 0 Å². The zero-order valence-corrected chi connectivity index (χ0v) is 8.41. The van der Waals surface area contributed by atoms with Gasteiger partial charge in [-0.2, -0.15) is 0 Å². The maximum Gasteiger partial charge on any atom is 0.325 e. The van der Waals surface area contributed by atoms with Gasteiger partial charge in [0, 0.05) is 6.54 Å². The molecule has 0 aromatic rings. The summed E-state index contributed by atoms with van der Waals surface area (Å²) in [5.74, 6) is -0.998. The largest absolute Gasteiger partial charge is 0.480 e. The van der Waals surface area contributed by atoms with E-state index >= 15 is 0 Å². The van der Waals surface area contributed by atoms with E-state index in [1.54, 1.807) is 0 Å². The molecule has 14 heavy (non-hydrogen) atoms. The minimum atomic E-state index is -1.00. The van der Waals surface area contributed by atoms with Crippen molar-refractivity contribution in [2.75, 3.05) is 13.1 Å². The predicted octanol–water partition coefficient (Wildman–Crippen LogP) is -0.569. The van der Waals surface area contributed by atoms with E-state index in [-0.39, 0.29) is 17.7 Å². The molecule has 0 aliphatic carbocycles. The van der Waals surface area contributed by atoms with Crippen molar-refractivity contribution < 1.29 is 14.7 Å². The first kappa shape index (κ1) is 11.0. The Morgan fingerprint density at radius 1 is 1.50 bits per heavy atom. The molecule has 1 rings (SSSR count). The Morgan fingerprint density at radius 2 is 2.14 bits per heavy atom. The van der Waals surface area contributed by atoms with Crippen LogP contribution in [-0.2, 0) is 9.59 Å². The summed E-state index contributed by atoms with van der Waals surface area (Å²) < 4.78 is 0. The van der Waals surface area contributed by atoms with Gasteiger partial charge in [0.25, 0.3) is 0 Å². The third kappa shape index (κ3) is 2.45. The number of hydrogen-bond acceptors (Lipinski definition) is 3. The van der Waals surface area contributed by atoms with Gasteiger partial charge in [0.2, 0.25) is 5.91 Å². The van der Waals surface area contributed by atoms with Crippen LogP contribution in [0.5, 0.6) is 0 Å². The Kier molecular flexibility index (Phi) is 3.46. The molecule has 5 nitrogen and oxygen atoms in total. The molecule has 1 amide bonds.